The Labute approximate surface area is 174 Å². The van der Waals surface area contributed by atoms with Gasteiger partial charge >= 0.3 is 0 Å². The van der Waals surface area contributed by atoms with Crippen molar-refractivity contribution in [1.82, 2.24) is 10.4 Å². The summed E-state index contributed by atoms with van der Waals surface area (Å²) in [6.45, 7) is 4.36. The van der Waals surface area contributed by atoms with Gasteiger partial charge in [-0.05, 0) is 36.4 Å². The van der Waals surface area contributed by atoms with E-state index in [4.69, 9.17) is 11.6 Å². The lowest BCUT2D eigenvalue weighted by molar-refractivity contribution is 0.102. The fraction of sp³-hybridized carbons (Fsp3) is 0.0455. The molecule has 3 rings (SSSR count). The number of hydrazone groups is 1. The van der Waals surface area contributed by atoms with E-state index in [0.717, 1.165) is 16.9 Å². The number of anilines is 2. The van der Waals surface area contributed by atoms with Crippen LogP contribution in [0.3, 0.4) is 0 Å². The largest absolute Gasteiger partial charge is 0.379 e. The molecule has 0 fully saturated rings. The molecule has 7 heteroatoms. The third-order valence-electron chi connectivity index (χ3n) is 3.89. The van der Waals surface area contributed by atoms with Crippen molar-refractivity contribution in [3.8, 4) is 0 Å². The number of halogens is 1. The van der Waals surface area contributed by atoms with Crippen molar-refractivity contribution in [1.29, 1.82) is 0 Å². The van der Waals surface area contributed by atoms with E-state index in [9.17, 15) is 4.79 Å². The maximum atomic E-state index is 12.4. The molecule has 6 nitrogen and oxygen atoms in total. The minimum Gasteiger partial charge on any atom is -0.379 e. The summed E-state index contributed by atoms with van der Waals surface area (Å²) >= 11 is 6.02. The second-order valence-electron chi connectivity index (χ2n) is 6.13. The zero-order valence-corrected chi connectivity index (χ0v) is 16.4. The Morgan fingerprint density at radius 1 is 1.10 bits per heavy atom. The molecule has 0 aliphatic heterocycles. The molecular formula is C22H20ClN5O. The van der Waals surface area contributed by atoms with Gasteiger partial charge in [0.05, 0.1) is 17.8 Å². The van der Waals surface area contributed by atoms with Crippen LogP contribution in [0.2, 0.25) is 5.02 Å². The third kappa shape index (κ3) is 6.19. The highest BCUT2D eigenvalue weighted by Crippen LogP contribution is 2.14. The second kappa shape index (κ2) is 10.1. The molecule has 1 aromatic heterocycles. The fourth-order valence-electron chi connectivity index (χ4n) is 2.43. The summed E-state index contributed by atoms with van der Waals surface area (Å²) in [5, 5.41) is 10.7. The van der Waals surface area contributed by atoms with Crippen LogP contribution in [-0.4, -0.2) is 23.7 Å². The Morgan fingerprint density at radius 3 is 2.69 bits per heavy atom. The van der Waals surface area contributed by atoms with Crippen LogP contribution in [0, 0.1) is 0 Å². The lowest BCUT2D eigenvalue weighted by Gasteiger charge is -2.10. The summed E-state index contributed by atoms with van der Waals surface area (Å²) in [6, 6.07) is 18.3. The summed E-state index contributed by atoms with van der Waals surface area (Å²) < 4.78 is 0. The Bertz CT molecular complexity index is 1020. The Kier molecular flexibility index (Phi) is 6.97. The number of aromatic nitrogens is 1. The number of amides is 1. The molecule has 0 atom stereocenters. The van der Waals surface area contributed by atoms with Gasteiger partial charge in [-0.2, -0.15) is 5.10 Å². The van der Waals surface area contributed by atoms with Gasteiger partial charge in [0.1, 0.15) is 0 Å². The first kappa shape index (κ1) is 20.1. The van der Waals surface area contributed by atoms with Crippen molar-refractivity contribution < 1.29 is 4.79 Å². The van der Waals surface area contributed by atoms with Crippen LogP contribution in [0.1, 0.15) is 15.9 Å². The van der Waals surface area contributed by atoms with Crippen molar-refractivity contribution in [2.75, 3.05) is 17.2 Å². The number of carbonyl (C=O) groups excluding carboxylic acids is 1. The molecule has 0 radical (unpaired) electrons. The molecule has 146 valence electrons. The van der Waals surface area contributed by atoms with Gasteiger partial charge in [-0.15, -0.1) is 0 Å². The van der Waals surface area contributed by atoms with Gasteiger partial charge in [0.2, 0.25) is 0 Å². The molecule has 0 unspecified atom stereocenters. The van der Waals surface area contributed by atoms with Crippen LogP contribution >= 0.6 is 11.6 Å². The van der Waals surface area contributed by atoms with Gasteiger partial charge in [0, 0.05) is 40.6 Å². The lowest BCUT2D eigenvalue weighted by Crippen LogP contribution is -2.15. The summed E-state index contributed by atoms with van der Waals surface area (Å²) in [7, 11) is 0. The van der Waals surface area contributed by atoms with Crippen LogP contribution in [0.4, 0.5) is 11.4 Å². The molecule has 0 bridgehead atoms. The first-order valence-corrected chi connectivity index (χ1v) is 9.26. The van der Waals surface area contributed by atoms with Crippen molar-refractivity contribution in [3.05, 3.63) is 101 Å². The quantitative estimate of drug-likeness (QED) is 0.380. The van der Waals surface area contributed by atoms with Crippen LogP contribution in [0.15, 0.2) is 90.4 Å². The van der Waals surface area contributed by atoms with Crippen LogP contribution in [0.25, 0.3) is 0 Å². The van der Waals surface area contributed by atoms with Crippen LogP contribution < -0.4 is 16.1 Å². The number of pyridine rings is 1. The maximum Gasteiger partial charge on any atom is 0.255 e. The number of carbonyl (C=O) groups is 1. The molecule has 3 N–H and O–H groups in total. The van der Waals surface area contributed by atoms with E-state index in [1.807, 2.05) is 42.5 Å². The molecule has 3 aromatic rings. The van der Waals surface area contributed by atoms with E-state index in [0.29, 0.717) is 22.8 Å². The van der Waals surface area contributed by atoms with E-state index >= 15 is 0 Å². The predicted molar refractivity (Wildman–Crippen MR) is 118 cm³/mol. The molecule has 0 saturated heterocycles. The molecule has 1 heterocycles. The molecule has 0 saturated carbocycles. The summed E-state index contributed by atoms with van der Waals surface area (Å²) in [4.78, 5) is 16.3. The number of nitrogens with one attached hydrogen (secondary N) is 3. The van der Waals surface area contributed by atoms with Gasteiger partial charge in [-0.1, -0.05) is 42.4 Å². The summed E-state index contributed by atoms with van der Waals surface area (Å²) in [6.07, 6.45) is 4.80. The van der Waals surface area contributed by atoms with E-state index in [1.165, 1.54) is 0 Å². The molecule has 0 aliphatic carbocycles. The molecule has 0 aliphatic rings. The summed E-state index contributed by atoms with van der Waals surface area (Å²) in [5.74, 6) is -0.171. The highest BCUT2D eigenvalue weighted by molar-refractivity contribution is 6.32. The SMILES string of the molecule is C=C(CNc1cccc(C(=O)Nc2ccccc2)c1)N/N=C/c1ccncc1Cl. The highest BCUT2D eigenvalue weighted by Gasteiger charge is 2.06. The van der Waals surface area contributed by atoms with Crippen molar-refractivity contribution in [3.63, 3.8) is 0 Å². The zero-order chi connectivity index (χ0) is 20.5. The monoisotopic (exact) mass is 405 g/mol. The Balaban J connectivity index is 1.51. The molecular weight excluding hydrogens is 386 g/mol. The Morgan fingerprint density at radius 2 is 1.90 bits per heavy atom. The Hall–Kier alpha value is -3.64. The highest BCUT2D eigenvalue weighted by atomic mass is 35.5. The zero-order valence-electron chi connectivity index (χ0n) is 15.6. The van der Waals surface area contributed by atoms with E-state index in [1.54, 1.807) is 36.8 Å². The number of hydrogen-bond acceptors (Lipinski definition) is 5. The number of nitrogens with zero attached hydrogens (tertiary/aromatic N) is 2. The number of para-hydroxylation sites is 1. The average Bonchev–Trinajstić information content (AvgIpc) is 2.74. The molecule has 1 amide bonds. The van der Waals surface area contributed by atoms with Crippen LogP contribution in [-0.2, 0) is 0 Å². The van der Waals surface area contributed by atoms with Crippen molar-refractivity contribution >= 4 is 35.1 Å². The smallest absolute Gasteiger partial charge is 0.255 e. The second-order valence-corrected chi connectivity index (χ2v) is 6.53. The average molecular weight is 406 g/mol. The predicted octanol–water partition coefficient (Wildman–Crippen LogP) is 4.54. The van der Waals surface area contributed by atoms with Gasteiger partial charge in [-0.3, -0.25) is 15.2 Å². The van der Waals surface area contributed by atoms with Crippen molar-refractivity contribution in [2.45, 2.75) is 0 Å². The minimum atomic E-state index is -0.171. The lowest BCUT2D eigenvalue weighted by atomic mass is 10.2. The number of benzene rings is 2. The molecule has 0 spiro atoms. The number of hydrogen-bond donors (Lipinski definition) is 3. The minimum absolute atomic E-state index is 0.171. The summed E-state index contributed by atoms with van der Waals surface area (Å²) in [5.41, 5.74) is 6.38. The van der Waals surface area contributed by atoms with Gasteiger partial charge in [0.15, 0.2) is 0 Å². The fourth-order valence-corrected chi connectivity index (χ4v) is 2.60. The maximum absolute atomic E-state index is 12.4. The normalized spacial score (nSPS) is 10.5. The van der Waals surface area contributed by atoms with E-state index in [2.05, 4.69) is 32.7 Å². The topological polar surface area (TPSA) is 78.4 Å². The van der Waals surface area contributed by atoms with Gasteiger partial charge < -0.3 is 10.6 Å². The standard InChI is InChI=1S/C22H20ClN5O/c1-16(28-26-14-18-10-11-24-15-21(18)23)13-25-20-9-5-6-17(12-20)22(29)27-19-7-3-2-4-8-19/h2-12,14-15,25,28H,1,13H2,(H,27,29)/b26-14+. The molecule has 2 aromatic carbocycles. The van der Waals surface area contributed by atoms with E-state index < -0.39 is 0 Å². The first-order chi connectivity index (χ1) is 14.1. The van der Waals surface area contributed by atoms with Crippen LogP contribution in [0.5, 0.6) is 0 Å². The van der Waals surface area contributed by atoms with Gasteiger partial charge in [-0.25, -0.2) is 0 Å². The van der Waals surface area contributed by atoms with E-state index in [-0.39, 0.29) is 5.91 Å². The van der Waals surface area contributed by atoms with Gasteiger partial charge in [0.25, 0.3) is 5.91 Å². The third-order valence-corrected chi connectivity index (χ3v) is 4.21. The molecule has 29 heavy (non-hydrogen) atoms. The number of rotatable bonds is 8. The van der Waals surface area contributed by atoms with Crippen molar-refractivity contribution in [2.24, 2.45) is 5.10 Å². The first-order valence-electron chi connectivity index (χ1n) is 8.88.